The van der Waals surface area contributed by atoms with Crippen molar-refractivity contribution in [3.05, 3.63) is 102 Å². The second-order valence-electron chi connectivity index (χ2n) is 10.6. The molecule has 0 spiro atoms. The van der Waals surface area contributed by atoms with Gasteiger partial charge in [-0.25, -0.2) is 4.39 Å². The summed E-state index contributed by atoms with van der Waals surface area (Å²) in [5.41, 5.74) is 6.70. The molecule has 1 fully saturated rings. The van der Waals surface area contributed by atoms with E-state index >= 15 is 0 Å². The fraction of sp³-hybridized carbons (Fsp3) is 0.429. The first-order chi connectivity index (χ1) is 18.7. The van der Waals surface area contributed by atoms with Gasteiger partial charge in [0.2, 0.25) is 0 Å². The van der Waals surface area contributed by atoms with Crippen LogP contribution in [0.1, 0.15) is 83.8 Å². The predicted molar refractivity (Wildman–Crippen MR) is 171 cm³/mol. The smallest absolute Gasteiger partial charge is 0.123 e. The summed E-state index contributed by atoms with van der Waals surface area (Å²) in [6.45, 7) is 23.1. The Morgan fingerprint density at radius 1 is 0.974 bits per heavy atom. The molecule has 4 rings (SSSR count). The van der Waals surface area contributed by atoms with Gasteiger partial charge in [-0.05, 0) is 79.5 Å². The molecule has 0 radical (unpaired) electrons. The minimum Gasteiger partial charge on any atom is -0.376 e. The summed E-state index contributed by atoms with van der Waals surface area (Å²) in [7, 11) is 0. The molecule has 1 aliphatic heterocycles. The Morgan fingerprint density at radius 2 is 1.62 bits per heavy atom. The number of H-pyrrole nitrogens is 1. The van der Waals surface area contributed by atoms with E-state index in [0.717, 1.165) is 70.9 Å². The van der Waals surface area contributed by atoms with Gasteiger partial charge in [-0.3, -0.25) is 0 Å². The maximum absolute atomic E-state index is 12.8. The monoisotopic (exact) mass is 550 g/mol. The van der Waals surface area contributed by atoms with Gasteiger partial charge >= 0.3 is 0 Å². The van der Waals surface area contributed by atoms with Gasteiger partial charge in [-0.1, -0.05) is 96.0 Å². The SMILES string of the molecule is C=C(C)N1CCC(Cc2ccc(F)cc2)CC1.C=C(CCC)C(=C)c1c[nH]c2cc(Cl)ccc12.CCCCC. The van der Waals surface area contributed by atoms with Crippen molar-refractivity contribution in [3.63, 3.8) is 0 Å². The molecule has 1 saturated heterocycles. The molecule has 0 saturated carbocycles. The first kappa shape index (κ1) is 32.4. The van der Waals surface area contributed by atoms with Gasteiger partial charge in [-0.15, -0.1) is 0 Å². The summed E-state index contributed by atoms with van der Waals surface area (Å²) in [6.07, 6.45) is 11.6. The Morgan fingerprint density at radius 3 is 2.15 bits per heavy atom. The van der Waals surface area contributed by atoms with Crippen LogP contribution in [0.5, 0.6) is 0 Å². The lowest BCUT2D eigenvalue weighted by molar-refractivity contribution is 0.227. The van der Waals surface area contributed by atoms with Gasteiger partial charge < -0.3 is 9.88 Å². The van der Waals surface area contributed by atoms with E-state index in [9.17, 15) is 4.39 Å². The van der Waals surface area contributed by atoms with Gasteiger partial charge in [0, 0.05) is 46.5 Å². The van der Waals surface area contributed by atoms with Crippen molar-refractivity contribution < 1.29 is 4.39 Å². The lowest BCUT2D eigenvalue weighted by atomic mass is 9.90. The number of benzene rings is 2. The highest BCUT2D eigenvalue weighted by molar-refractivity contribution is 6.31. The number of aromatic nitrogens is 1. The van der Waals surface area contributed by atoms with Crippen LogP contribution in [0, 0.1) is 11.7 Å². The normalized spacial score (nSPS) is 13.2. The zero-order valence-corrected chi connectivity index (χ0v) is 25.3. The molecule has 1 aromatic heterocycles. The largest absolute Gasteiger partial charge is 0.376 e. The van der Waals surface area contributed by atoms with Crippen molar-refractivity contribution >= 4 is 28.1 Å². The van der Waals surface area contributed by atoms with E-state index in [1.165, 1.54) is 43.4 Å². The number of rotatable bonds is 9. The Bertz CT molecular complexity index is 1180. The van der Waals surface area contributed by atoms with Crippen LogP contribution in [0.4, 0.5) is 4.39 Å². The summed E-state index contributed by atoms with van der Waals surface area (Å²) in [6, 6.07) is 12.8. The average Bonchev–Trinajstić information content (AvgIpc) is 3.34. The summed E-state index contributed by atoms with van der Waals surface area (Å²) in [5.74, 6) is 0.585. The van der Waals surface area contributed by atoms with Gasteiger partial charge in [0.15, 0.2) is 0 Å². The second-order valence-corrected chi connectivity index (χ2v) is 11.0. The Hall–Kier alpha value is -2.78. The molecule has 3 aromatic rings. The standard InChI is InChI=1S/C15H16ClN.C15H20FN.C5H12/c1-4-5-10(2)11(3)14-9-17-15-8-12(16)6-7-13(14)15;1-12(2)17-9-7-14(8-10-17)11-13-3-5-15(16)6-4-13;1-3-5-4-2/h6-9,17H,2-5H2,1H3;3-6,14H,1,7-11H2,2H3;3-5H2,1-2H3. The molecule has 212 valence electrons. The molecule has 0 bridgehead atoms. The average molecular weight is 551 g/mol. The number of fused-ring (bicyclic) bond motifs is 1. The quantitative estimate of drug-likeness (QED) is 0.262. The van der Waals surface area contributed by atoms with Crippen LogP contribution < -0.4 is 0 Å². The fourth-order valence-corrected chi connectivity index (χ4v) is 4.99. The Labute approximate surface area is 241 Å². The summed E-state index contributed by atoms with van der Waals surface area (Å²) in [5, 5.41) is 1.89. The van der Waals surface area contributed by atoms with Gasteiger partial charge in [0.05, 0.1) is 0 Å². The van der Waals surface area contributed by atoms with E-state index < -0.39 is 0 Å². The maximum Gasteiger partial charge on any atom is 0.123 e. The number of allylic oxidation sites excluding steroid dienone is 3. The molecular weight excluding hydrogens is 503 g/mol. The lowest BCUT2D eigenvalue weighted by Gasteiger charge is -2.33. The van der Waals surface area contributed by atoms with Crippen LogP contribution in [-0.4, -0.2) is 23.0 Å². The van der Waals surface area contributed by atoms with Gasteiger partial charge in [0.1, 0.15) is 5.82 Å². The number of aromatic amines is 1. The van der Waals surface area contributed by atoms with Crippen LogP contribution in [0.15, 0.2) is 79.7 Å². The third-order valence-corrected chi connectivity index (χ3v) is 7.48. The molecule has 1 aliphatic rings. The molecule has 0 aliphatic carbocycles. The number of hydrogen-bond donors (Lipinski definition) is 1. The molecule has 0 atom stereocenters. The number of halogens is 2. The number of piperidine rings is 1. The lowest BCUT2D eigenvalue weighted by Crippen LogP contribution is -2.32. The van der Waals surface area contributed by atoms with E-state index in [4.69, 9.17) is 11.6 Å². The molecule has 1 N–H and O–H groups in total. The van der Waals surface area contributed by atoms with E-state index in [1.54, 1.807) is 12.1 Å². The van der Waals surface area contributed by atoms with Crippen molar-refractivity contribution in [2.75, 3.05) is 13.1 Å². The van der Waals surface area contributed by atoms with Crippen molar-refractivity contribution in [1.82, 2.24) is 9.88 Å². The topological polar surface area (TPSA) is 19.0 Å². The summed E-state index contributed by atoms with van der Waals surface area (Å²) in [4.78, 5) is 5.57. The fourth-order valence-electron chi connectivity index (χ4n) is 4.82. The second kappa shape index (κ2) is 17.0. The van der Waals surface area contributed by atoms with Gasteiger partial charge in [-0.2, -0.15) is 0 Å². The maximum atomic E-state index is 12.8. The highest BCUT2D eigenvalue weighted by atomic mass is 35.5. The first-order valence-corrected chi connectivity index (χ1v) is 14.9. The highest BCUT2D eigenvalue weighted by Gasteiger charge is 2.18. The van der Waals surface area contributed by atoms with Crippen LogP contribution in [0.3, 0.4) is 0 Å². The molecular formula is C35H48ClFN2. The molecule has 2 nitrogen and oxygen atoms in total. The van der Waals surface area contributed by atoms with Crippen LogP contribution in [0.2, 0.25) is 5.02 Å². The number of unbranched alkanes of at least 4 members (excludes halogenated alkanes) is 2. The zero-order chi connectivity index (χ0) is 28.8. The number of hydrogen-bond acceptors (Lipinski definition) is 1. The minimum atomic E-state index is -0.147. The van der Waals surface area contributed by atoms with Crippen molar-refractivity contribution in [3.8, 4) is 0 Å². The van der Waals surface area contributed by atoms with Crippen molar-refractivity contribution in [2.45, 2.75) is 79.1 Å². The summed E-state index contributed by atoms with van der Waals surface area (Å²) < 4.78 is 12.8. The molecule has 0 unspecified atom stereocenters. The Kier molecular flexibility index (Phi) is 14.2. The van der Waals surface area contributed by atoms with Crippen LogP contribution >= 0.6 is 11.6 Å². The third-order valence-electron chi connectivity index (χ3n) is 7.25. The Balaban J connectivity index is 0.000000234. The van der Waals surface area contributed by atoms with Crippen LogP contribution in [0.25, 0.3) is 16.5 Å². The highest BCUT2D eigenvalue weighted by Crippen LogP contribution is 2.31. The van der Waals surface area contributed by atoms with Crippen molar-refractivity contribution in [2.24, 2.45) is 5.92 Å². The minimum absolute atomic E-state index is 0.147. The number of nitrogens with zero attached hydrogens (tertiary/aromatic N) is 1. The molecule has 0 amide bonds. The molecule has 39 heavy (non-hydrogen) atoms. The number of nitrogens with one attached hydrogen (secondary N) is 1. The molecule has 2 heterocycles. The van der Waals surface area contributed by atoms with Gasteiger partial charge in [0.25, 0.3) is 0 Å². The third kappa shape index (κ3) is 10.7. The van der Waals surface area contributed by atoms with Crippen LogP contribution in [-0.2, 0) is 6.42 Å². The van der Waals surface area contributed by atoms with E-state index in [2.05, 4.69) is 57.3 Å². The first-order valence-electron chi connectivity index (χ1n) is 14.5. The predicted octanol–water partition coefficient (Wildman–Crippen LogP) is 11.0. The van der Waals surface area contributed by atoms with Crippen molar-refractivity contribution in [1.29, 1.82) is 0 Å². The molecule has 2 aromatic carbocycles. The van der Waals surface area contributed by atoms with E-state index in [0.29, 0.717) is 0 Å². The van der Waals surface area contributed by atoms with E-state index in [-0.39, 0.29) is 5.82 Å². The summed E-state index contributed by atoms with van der Waals surface area (Å²) >= 11 is 5.96. The molecule has 4 heteroatoms. The zero-order valence-electron chi connectivity index (χ0n) is 24.6. The number of likely N-dealkylation sites (tertiary alicyclic amines) is 1. The van der Waals surface area contributed by atoms with E-state index in [1.807, 2.05) is 36.5 Å².